The summed E-state index contributed by atoms with van der Waals surface area (Å²) < 4.78 is 1.87. The Morgan fingerprint density at radius 3 is 2.58 bits per heavy atom. The first-order chi connectivity index (χ1) is 12.5. The van der Waals surface area contributed by atoms with Crippen molar-refractivity contribution in [3.05, 3.63) is 75.2 Å². The van der Waals surface area contributed by atoms with Crippen molar-refractivity contribution in [2.75, 3.05) is 5.32 Å². The number of nitrogens with one attached hydrogen (secondary N) is 1. The number of nitrogens with zero attached hydrogens (tertiary/aromatic N) is 2. The summed E-state index contributed by atoms with van der Waals surface area (Å²) in [7, 11) is 0. The van der Waals surface area contributed by atoms with Crippen molar-refractivity contribution in [3.63, 3.8) is 0 Å². The lowest BCUT2D eigenvalue weighted by Crippen LogP contribution is -2.10. The molecule has 26 heavy (non-hydrogen) atoms. The van der Waals surface area contributed by atoms with E-state index in [1.807, 2.05) is 48.0 Å². The third-order valence-corrected chi connectivity index (χ3v) is 5.80. The number of hydrogen-bond donors (Lipinski definition) is 1. The van der Waals surface area contributed by atoms with E-state index in [2.05, 4.69) is 10.4 Å². The molecule has 0 bridgehead atoms. The van der Waals surface area contributed by atoms with Crippen LogP contribution in [-0.4, -0.2) is 15.7 Å². The van der Waals surface area contributed by atoms with Crippen LogP contribution in [0.4, 0.5) is 5.69 Å². The Morgan fingerprint density at radius 2 is 1.85 bits per heavy atom. The average molecular weight is 402 g/mol. The minimum absolute atomic E-state index is 0.191. The first-order valence-electron chi connectivity index (χ1n) is 7.84. The Bertz CT molecular complexity index is 1120. The van der Waals surface area contributed by atoms with Gasteiger partial charge < -0.3 is 5.32 Å². The van der Waals surface area contributed by atoms with Gasteiger partial charge in [-0.1, -0.05) is 41.4 Å². The van der Waals surface area contributed by atoms with Gasteiger partial charge in [0.05, 0.1) is 26.3 Å². The molecule has 2 aromatic carbocycles. The van der Waals surface area contributed by atoms with Crippen LogP contribution in [0.25, 0.3) is 15.9 Å². The van der Waals surface area contributed by atoms with E-state index in [1.165, 1.54) is 11.3 Å². The van der Waals surface area contributed by atoms with Crippen molar-refractivity contribution >= 4 is 56.3 Å². The molecule has 4 nitrogen and oxygen atoms in total. The lowest BCUT2D eigenvalue weighted by molar-refractivity contribution is 0.103. The van der Waals surface area contributed by atoms with Crippen LogP contribution >= 0.6 is 34.5 Å². The molecule has 0 saturated carbocycles. The smallest absolute Gasteiger partial charge is 0.265 e. The summed E-state index contributed by atoms with van der Waals surface area (Å²) in [6.45, 7) is 1.94. The highest BCUT2D eigenvalue weighted by Crippen LogP contribution is 2.31. The molecule has 1 N–H and O–H groups in total. The molecule has 0 atom stereocenters. The summed E-state index contributed by atoms with van der Waals surface area (Å²) in [5, 5.41) is 9.26. The van der Waals surface area contributed by atoms with Gasteiger partial charge in [0, 0.05) is 11.1 Å². The minimum atomic E-state index is -0.191. The van der Waals surface area contributed by atoms with Gasteiger partial charge in [-0.2, -0.15) is 5.10 Å². The zero-order valence-electron chi connectivity index (χ0n) is 13.7. The Morgan fingerprint density at radius 1 is 1.08 bits per heavy atom. The molecule has 7 heteroatoms. The van der Waals surface area contributed by atoms with E-state index in [1.54, 1.807) is 18.2 Å². The summed E-state index contributed by atoms with van der Waals surface area (Å²) in [6.07, 6.45) is 0. The van der Waals surface area contributed by atoms with Crippen LogP contribution in [0.1, 0.15) is 15.4 Å². The van der Waals surface area contributed by atoms with Crippen molar-refractivity contribution in [1.29, 1.82) is 0 Å². The second-order valence-corrected chi connectivity index (χ2v) is 7.59. The van der Waals surface area contributed by atoms with Crippen LogP contribution < -0.4 is 5.32 Å². The largest absolute Gasteiger partial charge is 0.321 e. The van der Waals surface area contributed by atoms with E-state index >= 15 is 0 Å². The number of benzene rings is 2. The van der Waals surface area contributed by atoms with Crippen LogP contribution in [0.15, 0.2) is 54.6 Å². The maximum atomic E-state index is 12.6. The maximum absolute atomic E-state index is 12.6. The van der Waals surface area contributed by atoms with Gasteiger partial charge in [-0.3, -0.25) is 4.79 Å². The summed E-state index contributed by atoms with van der Waals surface area (Å²) in [4.78, 5) is 14.2. The van der Waals surface area contributed by atoms with Crippen LogP contribution in [0, 0.1) is 6.92 Å². The van der Waals surface area contributed by atoms with Gasteiger partial charge in [-0.25, -0.2) is 4.68 Å². The Kier molecular flexibility index (Phi) is 4.44. The topological polar surface area (TPSA) is 46.9 Å². The van der Waals surface area contributed by atoms with Gasteiger partial charge in [0.25, 0.3) is 5.91 Å². The van der Waals surface area contributed by atoms with Crippen molar-refractivity contribution in [3.8, 4) is 5.69 Å². The fourth-order valence-electron chi connectivity index (χ4n) is 2.67. The van der Waals surface area contributed by atoms with Crippen molar-refractivity contribution in [2.24, 2.45) is 0 Å². The number of carbonyl (C=O) groups excluding carboxylic acids is 1. The number of thiophene rings is 1. The fraction of sp³-hybridized carbons (Fsp3) is 0.0526. The highest BCUT2D eigenvalue weighted by atomic mass is 35.5. The van der Waals surface area contributed by atoms with E-state index in [0.717, 1.165) is 21.6 Å². The van der Waals surface area contributed by atoms with Gasteiger partial charge in [-0.05, 0) is 43.3 Å². The van der Waals surface area contributed by atoms with Crippen molar-refractivity contribution in [2.45, 2.75) is 6.92 Å². The predicted molar refractivity (Wildman–Crippen MR) is 108 cm³/mol. The highest BCUT2D eigenvalue weighted by molar-refractivity contribution is 7.20. The number of hydrogen-bond acceptors (Lipinski definition) is 3. The van der Waals surface area contributed by atoms with Crippen molar-refractivity contribution in [1.82, 2.24) is 9.78 Å². The first kappa shape index (κ1) is 17.1. The Hall–Kier alpha value is -2.34. The average Bonchev–Trinajstić information content (AvgIpc) is 3.20. The molecule has 0 aliphatic carbocycles. The Labute approximate surface area is 164 Å². The van der Waals surface area contributed by atoms with E-state index in [0.29, 0.717) is 20.6 Å². The van der Waals surface area contributed by atoms with Gasteiger partial charge >= 0.3 is 0 Å². The molecule has 0 radical (unpaired) electrons. The van der Waals surface area contributed by atoms with Gasteiger partial charge in [-0.15, -0.1) is 11.3 Å². The van der Waals surface area contributed by atoms with Crippen LogP contribution in [-0.2, 0) is 0 Å². The number of fused-ring (bicyclic) bond motifs is 1. The molecule has 0 unspecified atom stereocenters. The fourth-order valence-corrected chi connectivity index (χ4v) is 4.05. The number of aromatic nitrogens is 2. The molecule has 4 rings (SSSR count). The normalized spacial score (nSPS) is 11.0. The molecule has 1 amide bonds. The third-order valence-electron chi connectivity index (χ3n) is 3.95. The van der Waals surface area contributed by atoms with E-state index in [-0.39, 0.29) is 5.91 Å². The lowest BCUT2D eigenvalue weighted by Gasteiger charge is -2.05. The molecule has 130 valence electrons. The summed E-state index contributed by atoms with van der Waals surface area (Å²) in [6, 6.07) is 16.7. The number of halogens is 2. The maximum Gasteiger partial charge on any atom is 0.265 e. The second kappa shape index (κ2) is 6.76. The first-order valence-corrected chi connectivity index (χ1v) is 9.41. The Balaban J connectivity index is 1.69. The second-order valence-electron chi connectivity index (χ2n) is 5.75. The molecule has 0 spiro atoms. The number of amides is 1. The van der Waals surface area contributed by atoms with Crippen LogP contribution in [0.3, 0.4) is 0 Å². The number of rotatable bonds is 3. The summed E-state index contributed by atoms with van der Waals surface area (Å²) >= 11 is 13.3. The SMILES string of the molecule is Cc1nn(-c2ccccc2)c2sc(C(=O)Nc3ccc(Cl)c(Cl)c3)cc12. The third kappa shape index (κ3) is 3.09. The molecule has 4 aromatic rings. The predicted octanol–water partition coefficient (Wildman–Crippen LogP) is 5.95. The van der Waals surface area contributed by atoms with E-state index in [4.69, 9.17) is 23.2 Å². The lowest BCUT2D eigenvalue weighted by atomic mass is 10.3. The number of anilines is 1. The summed E-state index contributed by atoms with van der Waals surface area (Å²) in [5.74, 6) is -0.191. The van der Waals surface area contributed by atoms with Crippen LogP contribution in [0.5, 0.6) is 0 Å². The molecular formula is C19H13Cl2N3OS. The highest BCUT2D eigenvalue weighted by Gasteiger charge is 2.17. The zero-order valence-corrected chi connectivity index (χ0v) is 16.0. The van der Waals surface area contributed by atoms with E-state index in [9.17, 15) is 4.79 Å². The molecule has 2 aromatic heterocycles. The minimum Gasteiger partial charge on any atom is -0.321 e. The molecule has 0 aliphatic heterocycles. The van der Waals surface area contributed by atoms with Gasteiger partial charge in [0.1, 0.15) is 4.83 Å². The number of aryl methyl sites for hydroxylation is 1. The number of carbonyl (C=O) groups is 1. The zero-order chi connectivity index (χ0) is 18.3. The molecule has 2 heterocycles. The molecular weight excluding hydrogens is 389 g/mol. The standard InChI is InChI=1S/C19H13Cl2N3OS/c1-11-14-10-17(18(25)22-12-7-8-15(20)16(21)9-12)26-19(14)24(23-11)13-5-3-2-4-6-13/h2-10H,1H3,(H,22,25). The van der Waals surface area contributed by atoms with E-state index < -0.39 is 0 Å². The van der Waals surface area contributed by atoms with Gasteiger partial charge in [0.2, 0.25) is 0 Å². The molecule has 0 fully saturated rings. The number of para-hydroxylation sites is 1. The monoisotopic (exact) mass is 401 g/mol. The molecule has 0 aliphatic rings. The quantitative estimate of drug-likeness (QED) is 0.460. The molecule has 0 saturated heterocycles. The van der Waals surface area contributed by atoms with Crippen LogP contribution in [0.2, 0.25) is 10.0 Å². The summed E-state index contributed by atoms with van der Waals surface area (Å²) in [5.41, 5.74) is 2.45. The van der Waals surface area contributed by atoms with Crippen molar-refractivity contribution < 1.29 is 4.79 Å². The van der Waals surface area contributed by atoms with Gasteiger partial charge in [0.15, 0.2) is 0 Å².